The third-order valence-electron chi connectivity index (χ3n) is 3.72. The number of anilines is 1. The molecule has 1 rings (SSSR count). The first kappa shape index (κ1) is 16.7. The fraction of sp³-hybridized carbons (Fsp3) is 0.571. The third-order valence-corrected chi connectivity index (χ3v) is 8.26. The number of rotatable bonds is 5. The van der Waals surface area contributed by atoms with Gasteiger partial charge in [-0.1, -0.05) is 26.8 Å². The Morgan fingerprint density at radius 3 is 2.50 bits per heavy atom. The number of nitrogens with one attached hydrogen (secondary N) is 1. The summed E-state index contributed by atoms with van der Waals surface area (Å²) in [5.41, 5.74) is 1.04. The number of amides is 1. The van der Waals surface area contributed by atoms with Gasteiger partial charge >= 0.3 is 6.09 Å². The molecule has 0 aliphatic rings. The van der Waals surface area contributed by atoms with Crippen LogP contribution in [-0.4, -0.2) is 31.1 Å². The van der Waals surface area contributed by atoms with Crippen LogP contribution in [0.3, 0.4) is 0 Å². The van der Waals surface area contributed by atoms with E-state index < -0.39 is 14.4 Å². The molecule has 1 amide bonds. The number of nitrogens with zero attached hydrogens (tertiary/aromatic N) is 1. The Bertz CT molecular complexity index is 452. The van der Waals surface area contributed by atoms with Crippen molar-refractivity contribution >= 4 is 20.2 Å². The Morgan fingerprint density at radius 2 is 2.05 bits per heavy atom. The molecule has 2 N–H and O–H groups in total. The molecular weight excluding hydrogens is 272 g/mol. The molecule has 0 fully saturated rings. The van der Waals surface area contributed by atoms with Crippen molar-refractivity contribution in [3.05, 3.63) is 23.9 Å². The van der Waals surface area contributed by atoms with Gasteiger partial charge in [0.05, 0.1) is 0 Å². The van der Waals surface area contributed by atoms with E-state index in [9.17, 15) is 4.79 Å². The second-order valence-electron chi connectivity index (χ2n) is 6.34. The van der Waals surface area contributed by atoms with Gasteiger partial charge in [-0.3, -0.25) is 5.32 Å². The van der Waals surface area contributed by atoms with Gasteiger partial charge in [-0.2, -0.15) is 0 Å². The second kappa shape index (κ2) is 6.36. The molecule has 0 aromatic carbocycles. The van der Waals surface area contributed by atoms with Gasteiger partial charge in [0.15, 0.2) is 8.32 Å². The van der Waals surface area contributed by atoms with Crippen molar-refractivity contribution in [3.8, 4) is 0 Å². The van der Waals surface area contributed by atoms with Gasteiger partial charge < -0.3 is 9.53 Å². The molecule has 20 heavy (non-hydrogen) atoms. The maximum Gasteiger partial charge on any atom is 0.410 e. The lowest BCUT2D eigenvalue weighted by Crippen LogP contribution is -2.41. The van der Waals surface area contributed by atoms with Crippen LogP contribution in [0.4, 0.5) is 10.6 Å². The minimum absolute atomic E-state index is 0.209. The normalized spacial score (nSPS) is 12.2. The van der Waals surface area contributed by atoms with Crippen LogP contribution < -0.4 is 5.32 Å². The lowest BCUT2D eigenvalue weighted by Gasteiger charge is -2.36. The monoisotopic (exact) mass is 296 g/mol. The molecule has 1 aromatic heterocycles. The van der Waals surface area contributed by atoms with Gasteiger partial charge in [-0.15, -0.1) is 0 Å². The van der Waals surface area contributed by atoms with E-state index in [4.69, 9.17) is 9.53 Å². The van der Waals surface area contributed by atoms with Crippen molar-refractivity contribution in [3.63, 3.8) is 0 Å². The van der Waals surface area contributed by atoms with Crippen LogP contribution in [0.1, 0.15) is 26.3 Å². The Kier molecular flexibility index (Phi) is 5.30. The molecule has 1 heterocycles. The molecule has 0 bridgehead atoms. The zero-order valence-electron chi connectivity index (χ0n) is 12.9. The van der Waals surface area contributed by atoms with Crippen LogP contribution in [0.5, 0.6) is 0 Å². The largest absolute Gasteiger partial charge is 0.465 e. The van der Waals surface area contributed by atoms with Crippen molar-refractivity contribution in [1.29, 1.82) is 0 Å². The molecule has 6 heteroatoms. The first-order chi connectivity index (χ1) is 9.12. The van der Waals surface area contributed by atoms with E-state index in [1.807, 2.05) is 6.07 Å². The molecule has 0 saturated heterocycles. The quantitative estimate of drug-likeness (QED) is 0.812. The Hall–Kier alpha value is -1.40. The first-order valence-corrected chi connectivity index (χ1v) is 9.61. The van der Waals surface area contributed by atoms with Crippen LogP contribution >= 0.6 is 0 Å². The van der Waals surface area contributed by atoms with Crippen molar-refractivity contribution in [2.45, 2.75) is 45.3 Å². The Morgan fingerprint density at radius 1 is 1.40 bits per heavy atom. The third kappa shape index (κ3) is 4.94. The molecule has 5 nitrogen and oxygen atoms in total. The standard InChI is InChI=1S/C14H24N2O3Si/c1-14(2,3)20(4,5)19-9-8-11-6-7-12(15-10-11)16-13(17)18/h6-7,10H,8-9H2,1-5H3,(H,15,16)(H,17,18). The number of aromatic nitrogens is 1. The SMILES string of the molecule is CC(C)(C)[Si](C)(C)OCCc1ccc(NC(=O)O)nc1. The van der Waals surface area contributed by atoms with E-state index in [0.29, 0.717) is 12.4 Å². The molecule has 1 aromatic rings. The lowest BCUT2D eigenvalue weighted by atomic mass is 10.2. The summed E-state index contributed by atoms with van der Waals surface area (Å²) in [5.74, 6) is 0.339. The lowest BCUT2D eigenvalue weighted by molar-refractivity contribution is 0.209. The van der Waals surface area contributed by atoms with Crippen molar-refractivity contribution in [2.75, 3.05) is 11.9 Å². The number of carboxylic acid groups (broad SMARTS) is 1. The summed E-state index contributed by atoms with van der Waals surface area (Å²) in [6, 6.07) is 3.53. The summed E-state index contributed by atoms with van der Waals surface area (Å²) in [7, 11) is -1.70. The van der Waals surface area contributed by atoms with Crippen LogP contribution in [0, 0.1) is 0 Å². The number of hydrogen-bond donors (Lipinski definition) is 2. The molecule has 112 valence electrons. The van der Waals surface area contributed by atoms with E-state index in [1.54, 1.807) is 12.3 Å². The summed E-state index contributed by atoms with van der Waals surface area (Å²) in [6.07, 6.45) is 1.36. The Labute approximate surface area is 121 Å². The molecule has 0 saturated carbocycles. The molecule has 0 unspecified atom stereocenters. The highest BCUT2D eigenvalue weighted by Gasteiger charge is 2.36. The van der Waals surface area contributed by atoms with Crippen LogP contribution in [0.25, 0.3) is 0 Å². The summed E-state index contributed by atoms with van der Waals surface area (Å²) < 4.78 is 6.09. The summed E-state index contributed by atoms with van der Waals surface area (Å²) in [6.45, 7) is 11.8. The first-order valence-electron chi connectivity index (χ1n) is 6.71. The van der Waals surface area contributed by atoms with Gasteiger partial charge in [-0.25, -0.2) is 9.78 Å². The van der Waals surface area contributed by atoms with E-state index in [-0.39, 0.29) is 5.04 Å². The minimum atomic E-state index is -1.70. The predicted octanol–water partition coefficient (Wildman–Crippen LogP) is 3.74. The van der Waals surface area contributed by atoms with Crippen molar-refractivity contribution < 1.29 is 14.3 Å². The molecule has 0 atom stereocenters. The molecule has 0 radical (unpaired) electrons. The highest BCUT2D eigenvalue weighted by atomic mass is 28.4. The number of carbonyl (C=O) groups is 1. The van der Waals surface area contributed by atoms with Crippen LogP contribution in [0.15, 0.2) is 18.3 Å². The summed E-state index contributed by atoms with van der Waals surface area (Å²) in [5, 5.41) is 11.0. The number of pyridine rings is 1. The van der Waals surface area contributed by atoms with Crippen LogP contribution in [0.2, 0.25) is 18.1 Å². The maximum absolute atomic E-state index is 10.5. The average molecular weight is 296 g/mol. The topological polar surface area (TPSA) is 71.5 Å². The van der Waals surface area contributed by atoms with E-state index in [1.165, 1.54) is 0 Å². The fourth-order valence-electron chi connectivity index (χ4n) is 1.40. The van der Waals surface area contributed by atoms with Gasteiger partial charge in [0.2, 0.25) is 0 Å². The molecule has 0 aliphatic heterocycles. The van der Waals surface area contributed by atoms with E-state index in [2.05, 4.69) is 44.2 Å². The van der Waals surface area contributed by atoms with E-state index >= 15 is 0 Å². The highest BCUT2D eigenvalue weighted by Crippen LogP contribution is 2.36. The molecule has 0 spiro atoms. The summed E-state index contributed by atoms with van der Waals surface area (Å²) >= 11 is 0. The zero-order valence-corrected chi connectivity index (χ0v) is 13.9. The maximum atomic E-state index is 10.5. The molecule has 0 aliphatic carbocycles. The summed E-state index contributed by atoms with van der Waals surface area (Å²) in [4.78, 5) is 14.5. The number of hydrogen-bond acceptors (Lipinski definition) is 3. The van der Waals surface area contributed by atoms with Gasteiger partial charge in [0.25, 0.3) is 0 Å². The Balaban J connectivity index is 2.49. The van der Waals surface area contributed by atoms with Gasteiger partial charge in [-0.05, 0) is 36.2 Å². The smallest absolute Gasteiger partial charge is 0.410 e. The second-order valence-corrected chi connectivity index (χ2v) is 11.1. The molecular formula is C14H24N2O3Si. The predicted molar refractivity (Wildman–Crippen MR) is 82.7 cm³/mol. The minimum Gasteiger partial charge on any atom is -0.465 e. The average Bonchev–Trinajstić information content (AvgIpc) is 2.29. The van der Waals surface area contributed by atoms with Crippen molar-refractivity contribution in [2.24, 2.45) is 0 Å². The van der Waals surface area contributed by atoms with Crippen LogP contribution in [-0.2, 0) is 10.8 Å². The van der Waals surface area contributed by atoms with E-state index in [0.717, 1.165) is 12.0 Å². The highest BCUT2D eigenvalue weighted by molar-refractivity contribution is 6.74. The van der Waals surface area contributed by atoms with Gasteiger partial charge in [0.1, 0.15) is 5.82 Å². The zero-order chi connectivity index (χ0) is 15.4. The van der Waals surface area contributed by atoms with Gasteiger partial charge in [0, 0.05) is 12.8 Å². The van der Waals surface area contributed by atoms with Crippen molar-refractivity contribution in [1.82, 2.24) is 4.98 Å². The fourth-order valence-corrected chi connectivity index (χ4v) is 2.44.